The van der Waals surface area contributed by atoms with Crippen molar-refractivity contribution in [2.75, 3.05) is 0 Å². The van der Waals surface area contributed by atoms with Gasteiger partial charge in [-0.15, -0.1) is 0 Å². The molecule has 0 aliphatic carbocycles. The first-order chi connectivity index (χ1) is 9.84. The van der Waals surface area contributed by atoms with Gasteiger partial charge in [0.05, 0.1) is 17.4 Å². The van der Waals surface area contributed by atoms with Gasteiger partial charge in [-0.3, -0.25) is 4.79 Å². The van der Waals surface area contributed by atoms with Crippen molar-refractivity contribution in [3.8, 4) is 0 Å². The van der Waals surface area contributed by atoms with Gasteiger partial charge in [0.2, 0.25) is 5.78 Å². The van der Waals surface area contributed by atoms with Gasteiger partial charge in [0.1, 0.15) is 5.69 Å². The number of rotatable bonds is 4. The maximum absolute atomic E-state index is 12.4. The van der Waals surface area contributed by atoms with Crippen LogP contribution in [0.3, 0.4) is 0 Å². The van der Waals surface area contributed by atoms with Crippen LogP contribution in [0.25, 0.3) is 0 Å². The Morgan fingerprint density at radius 2 is 1.55 bits per heavy atom. The molecule has 1 aromatic heterocycles. The van der Waals surface area contributed by atoms with E-state index in [1.807, 2.05) is 48.5 Å². The topological polar surface area (TPSA) is 42.9 Å². The SMILES string of the molecule is O=C(c1ccccc1)c1nsnc1Cc1ccccc1. The Kier molecular flexibility index (Phi) is 3.65. The van der Waals surface area contributed by atoms with Gasteiger partial charge < -0.3 is 0 Å². The zero-order valence-electron chi connectivity index (χ0n) is 10.7. The minimum absolute atomic E-state index is 0.0646. The molecule has 0 bridgehead atoms. The van der Waals surface area contributed by atoms with E-state index in [2.05, 4.69) is 8.75 Å². The van der Waals surface area contributed by atoms with Crippen LogP contribution in [0.1, 0.15) is 27.3 Å². The lowest BCUT2D eigenvalue weighted by Gasteiger charge is -2.01. The van der Waals surface area contributed by atoms with E-state index >= 15 is 0 Å². The highest BCUT2D eigenvalue weighted by molar-refractivity contribution is 6.99. The lowest BCUT2D eigenvalue weighted by Crippen LogP contribution is -2.05. The molecular weight excluding hydrogens is 268 g/mol. The zero-order chi connectivity index (χ0) is 13.8. The molecule has 0 saturated heterocycles. The lowest BCUT2D eigenvalue weighted by atomic mass is 10.0. The first-order valence-electron chi connectivity index (χ1n) is 6.29. The Bertz CT molecular complexity index is 708. The molecule has 0 N–H and O–H groups in total. The molecule has 0 unspecified atom stereocenters. The predicted molar refractivity (Wildman–Crippen MR) is 79.0 cm³/mol. The second-order valence-electron chi connectivity index (χ2n) is 4.42. The number of hydrogen-bond acceptors (Lipinski definition) is 4. The fraction of sp³-hybridized carbons (Fsp3) is 0.0625. The van der Waals surface area contributed by atoms with Crippen molar-refractivity contribution in [2.24, 2.45) is 0 Å². The molecule has 4 heteroatoms. The summed E-state index contributed by atoms with van der Waals surface area (Å²) >= 11 is 1.09. The summed E-state index contributed by atoms with van der Waals surface area (Å²) in [5.41, 5.74) is 2.98. The Morgan fingerprint density at radius 3 is 2.25 bits per heavy atom. The number of carbonyl (C=O) groups excluding carboxylic acids is 1. The highest BCUT2D eigenvalue weighted by atomic mass is 32.1. The maximum atomic E-state index is 12.4. The summed E-state index contributed by atoms with van der Waals surface area (Å²) in [5.74, 6) is -0.0646. The van der Waals surface area contributed by atoms with Gasteiger partial charge in [-0.05, 0) is 5.56 Å². The Labute approximate surface area is 121 Å². The Balaban J connectivity index is 1.89. The average molecular weight is 280 g/mol. The van der Waals surface area contributed by atoms with Crippen LogP contribution < -0.4 is 0 Å². The fourth-order valence-electron chi connectivity index (χ4n) is 2.01. The van der Waals surface area contributed by atoms with Crippen molar-refractivity contribution in [3.05, 3.63) is 83.2 Å². The highest BCUT2D eigenvalue weighted by Gasteiger charge is 2.18. The molecule has 0 saturated carbocycles. The van der Waals surface area contributed by atoms with Crippen LogP contribution in [0.2, 0.25) is 0 Å². The third-order valence-electron chi connectivity index (χ3n) is 3.02. The normalized spacial score (nSPS) is 10.4. The van der Waals surface area contributed by atoms with Crippen molar-refractivity contribution < 1.29 is 4.79 Å². The first-order valence-corrected chi connectivity index (χ1v) is 7.03. The second kappa shape index (κ2) is 5.75. The van der Waals surface area contributed by atoms with Gasteiger partial charge in [0.25, 0.3) is 0 Å². The van der Waals surface area contributed by atoms with E-state index in [-0.39, 0.29) is 5.78 Å². The molecule has 0 aliphatic heterocycles. The van der Waals surface area contributed by atoms with Crippen molar-refractivity contribution in [2.45, 2.75) is 6.42 Å². The van der Waals surface area contributed by atoms with Crippen molar-refractivity contribution in [3.63, 3.8) is 0 Å². The second-order valence-corrected chi connectivity index (χ2v) is 4.95. The Hall–Kier alpha value is -2.33. The van der Waals surface area contributed by atoms with Crippen LogP contribution >= 0.6 is 11.7 Å². The van der Waals surface area contributed by atoms with Crippen molar-refractivity contribution in [1.29, 1.82) is 0 Å². The predicted octanol–water partition coefficient (Wildman–Crippen LogP) is 3.36. The van der Waals surface area contributed by atoms with Crippen LogP contribution in [-0.4, -0.2) is 14.5 Å². The molecule has 98 valence electrons. The molecule has 0 aliphatic rings. The van der Waals surface area contributed by atoms with E-state index in [1.54, 1.807) is 12.1 Å². The number of carbonyl (C=O) groups is 1. The number of aromatic nitrogens is 2. The average Bonchev–Trinajstić information content (AvgIpc) is 2.96. The summed E-state index contributed by atoms with van der Waals surface area (Å²) in [6, 6.07) is 19.2. The van der Waals surface area contributed by atoms with Gasteiger partial charge in [-0.2, -0.15) is 8.75 Å². The minimum Gasteiger partial charge on any atom is -0.287 e. The molecular formula is C16H12N2OS. The molecule has 2 aromatic carbocycles. The number of ketones is 1. The molecule has 3 aromatic rings. The number of hydrogen-bond donors (Lipinski definition) is 0. The van der Waals surface area contributed by atoms with Gasteiger partial charge in [0, 0.05) is 12.0 Å². The fourth-order valence-corrected chi connectivity index (χ4v) is 2.57. The van der Waals surface area contributed by atoms with Gasteiger partial charge in [-0.1, -0.05) is 60.7 Å². The third-order valence-corrected chi connectivity index (χ3v) is 3.59. The van der Waals surface area contributed by atoms with Crippen LogP contribution in [0.15, 0.2) is 60.7 Å². The van der Waals surface area contributed by atoms with E-state index in [0.717, 1.165) is 23.0 Å². The summed E-state index contributed by atoms with van der Waals surface area (Å²) < 4.78 is 8.44. The Morgan fingerprint density at radius 1 is 0.900 bits per heavy atom. The third kappa shape index (κ3) is 2.65. The number of benzene rings is 2. The molecule has 1 heterocycles. The van der Waals surface area contributed by atoms with Crippen molar-refractivity contribution >= 4 is 17.5 Å². The largest absolute Gasteiger partial charge is 0.287 e. The van der Waals surface area contributed by atoms with E-state index in [9.17, 15) is 4.79 Å². The maximum Gasteiger partial charge on any atom is 0.214 e. The number of nitrogens with zero attached hydrogens (tertiary/aromatic N) is 2. The van der Waals surface area contributed by atoms with Crippen molar-refractivity contribution in [1.82, 2.24) is 8.75 Å². The standard InChI is InChI=1S/C16H12N2OS/c19-16(13-9-5-2-6-10-13)15-14(17-20-18-15)11-12-7-3-1-4-8-12/h1-10H,11H2. The molecule has 0 atom stereocenters. The summed E-state index contributed by atoms with van der Waals surface area (Å²) in [6.07, 6.45) is 0.630. The van der Waals surface area contributed by atoms with Crippen LogP contribution in [0, 0.1) is 0 Å². The molecule has 3 nitrogen and oxygen atoms in total. The smallest absolute Gasteiger partial charge is 0.214 e. The van der Waals surface area contributed by atoms with E-state index < -0.39 is 0 Å². The molecule has 0 radical (unpaired) electrons. The lowest BCUT2D eigenvalue weighted by molar-refractivity contribution is 0.103. The highest BCUT2D eigenvalue weighted by Crippen LogP contribution is 2.16. The van der Waals surface area contributed by atoms with Gasteiger partial charge in [0.15, 0.2) is 0 Å². The molecule has 0 fully saturated rings. The summed E-state index contributed by atoms with van der Waals surface area (Å²) in [6.45, 7) is 0. The molecule has 0 spiro atoms. The summed E-state index contributed by atoms with van der Waals surface area (Å²) in [7, 11) is 0. The minimum atomic E-state index is -0.0646. The van der Waals surface area contributed by atoms with E-state index in [0.29, 0.717) is 17.7 Å². The molecule has 3 rings (SSSR count). The van der Waals surface area contributed by atoms with Crippen LogP contribution in [0.4, 0.5) is 0 Å². The van der Waals surface area contributed by atoms with Gasteiger partial charge in [-0.25, -0.2) is 0 Å². The first kappa shape index (κ1) is 12.7. The van der Waals surface area contributed by atoms with Crippen LogP contribution in [0.5, 0.6) is 0 Å². The van der Waals surface area contributed by atoms with Crippen LogP contribution in [-0.2, 0) is 6.42 Å². The molecule has 20 heavy (non-hydrogen) atoms. The van der Waals surface area contributed by atoms with Gasteiger partial charge >= 0.3 is 0 Å². The monoisotopic (exact) mass is 280 g/mol. The zero-order valence-corrected chi connectivity index (χ0v) is 11.5. The summed E-state index contributed by atoms with van der Waals surface area (Å²) in [5, 5.41) is 0. The quantitative estimate of drug-likeness (QED) is 0.688. The summed E-state index contributed by atoms with van der Waals surface area (Å²) in [4.78, 5) is 12.4. The van der Waals surface area contributed by atoms with E-state index in [1.165, 1.54) is 0 Å². The molecule has 0 amide bonds. The van der Waals surface area contributed by atoms with E-state index in [4.69, 9.17) is 0 Å².